The first kappa shape index (κ1) is 12.7. The molecule has 0 fully saturated rings. The monoisotopic (exact) mass is 312 g/mol. The Hall–Kier alpha value is -0.800. The van der Waals surface area contributed by atoms with Crippen LogP contribution in [0.2, 0.25) is 5.02 Å². The number of hydrogen-bond acceptors (Lipinski definition) is 1. The summed E-state index contributed by atoms with van der Waals surface area (Å²) in [5.41, 5.74) is 3.13. The quantitative estimate of drug-likeness (QED) is 0.592. The highest BCUT2D eigenvalue weighted by atomic mass is 79.9. The predicted octanol–water partition coefficient (Wildman–Crippen LogP) is 4.72. The van der Waals surface area contributed by atoms with Crippen molar-refractivity contribution < 1.29 is 0 Å². The lowest BCUT2D eigenvalue weighted by Crippen LogP contribution is -2.04. The Morgan fingerprint density at radius 2 is 2.29 bits per heavy atom. The highest BCUT2D eigenvalue weighted by Gasteiger charge is 2.14. The Morgan fingerprint density at radius 1 is 1.59 bits per heavy atom. The molecule has 0 spiro atoms. The zero-order chi connectivity index (χ0) is 12.6. The summed E-state index contributed by atoms with van der Waals surface area (Å²) in [7, 11) is 0. The number of alkyl halides is 1. The molecule has 1 atom stereocenters. The Bertz CT molecular complexity index is 572. The van der Waals surface area contributed by atoms with Gasteiger partial charge in [0.05, 0.1) is 15.9 Å². The van der Waals surface area contributed by atoms with Gasteiger partial charge in [-0.3, -0.25) is 0 Å². The number of allylic oxidation sites excluding steroid dienone is 1. The summed E-state index contributed by atoms with van der Waals surface area (Å²) in [6.07, 6.45) is 0. The van der Waals surface area contributed by atoms with Crippen LogP contribution in [0.3, 0.4) is 0 Å². The van der Waals surface area contributed by atoms with E-state index >= 15 is 0 Å². The smallest absolute Gasteiger partial charge is 0.123 e. The molecule has 0 saturated carbocycles. The van der Waals surface area contributed by atoms with Crippen molar-refractivity contribution in [3.05, 3.63) is 41.2 Å². The fourth-order valence-corrected chi connectivity index (χ4v) is 2.38. The SMILES string of the molecule is C=C(C)Cn1c(C(C)Br)nc2cc(Cl)ccc21. The summed E-state index contributed by atoms with van der Waals surface area (Å²) in [6, 6.07) is 5.79. The molecule has 0 N–H and O–H groups in total. The molecule has 2 aromatic rings. The lowest BCUT2D eigenvalue weighted by atomic mass is 10.3. The molecule has 0 aliphatic rings. The largest absolute Gasteiger partial charge is 0.323 e. The highest BCUT2D eigenvalue weighted by Crippen LogP contribution is 2.28. The van der Waals surface area contributed by atoms with E-state index in [1.807, 2.05) is 25.1 Å². The molecule has 1 aromatic carbocycles. The Morgan fingerprint density at radius 3 is 2.88 bits per heavy atom. The van der Waals surface area contributed by atoms with Gasteiger partial charge in [0.15, 0.2) is 0 Å². The number of fused-ring (bicyclic) bond motifs is 1. The van der Waals surface area contributed by atoms with Gasteiger partial charge in [0.1, 0.15) is 5.82 Å². The zero-order valence-corrected chi connectivity index (χ0v) is 12.2. The minimum atomic E-state index is 0.202. The third-order valence-corrected chi connectivity index (χ3v) is 3.17. The van der Waals surface area contributed by atoms with Crippen LogP contribution < -0.4 is 0 Å². The molecule has 17 heavy (non-hydrogen) atoms. The highest BCUT2D eigenvalue weighted by molar-refractivity contribution is 9.09. The van der Waals surface area contributed by atoms with Gasteiger partial charge in [0, 0.05) is 11.6 Å². The number of benzene rings is 1. The standard InChI is InChI=1S/C13H14BrClN2/c1-8(2)7-17-12-5-4-10(15)6-11(12)16-13(17)9(3)14/h4-6,9H,1,7H2,2-3H3. The molecule has 0 amide bonds. The van der Waals surface area contributed by atoms with Gasteiger partial charge >= 0.3 is 0 Å². The van der Waals surface area contributed by atoms with Crippen LogP contribution in [-0.4, -0.2) is 9.55 Å². The molecule has 90 valence electrons. The van der Waals surface area contributed by atoms with Crippen LogP contribution in [0.15, 0.2) is 30.4 Å². The maximum atomic E-state index is 5.99. The number of nitrogens with zero attached hydrogens (tertiary/aromatic N) is 2. The first-order valence-corrected chi connectivity index (χ1v) is 6.72. The van der Waals surface area contributed by atoms with Crippen molar-refractivity contribution in [2.24, 2.45) is 0 Å². The van der Waals surface area contributed by atoms with E-state index in [1.54, 1.807) is 0 Å². The molecule has 2 rings (SSSR count). The summed E-state index contributed by atoms with van der Waals surface area (Å²) in [5, 5.41) is 0.714. The Balaban J connectivity index is 2.66. The normalized spacial score (nSPS) is 12.9. The molecule has 0 aliphatic carbocycles. The lowest BCUT2D eigenvalue weighted by molar-refractivity contribution is 0.742. The molecule has 2 nitrogen and oxygen atoms in total. The van der Waals surface area contributed by atoms with Crippen LogP contribution in [0, 0.1) is 0 Å². The zero-order valence-electron chi connectivity index (χ0n) is 9.87. The number of hydrogen-bond donors (Lipinski definition) is 0. The topological polar surface area (TPSA) is 17.8 Å². The minimum absolute atomic E-state index is 0.202. The maximum absolute atomic E-state index is 5.99. The Kier molecular flexibility index (Phi) is 3.59. The summed E-state index contributed by atoms with van der Waals surface area (Å²) < 4.78 is 2.17. The molecule has 1 unspecified atom stereocenters. The molecular formula is C13H14BrClN2. The predicted molar refractivity (Wildman–Crippen MR) is 76.9 cm³/mol. The first-order valence-electron chi connectivity index (χ1n) is 5.43. The molecule has 0 aliphatic heterocycles. The first-order chi connectivity index (χ1) is 7.99. The number of aromatic nitrogens is 2. The van der Waals surface area contributed by atoms with Crippen LogP contribution in [0.4, 0.5) is 0 Å². The third kappa shape index (κ3) is 2.55. The van der Waals surface area contributed by atoms with Gasteiger partial charge in [0.2, 0.25) is 0 Å². The van der Waals surface area contributed by atoms with E-state index < -0.39 is 0 Å². The van der Waals surface area contributed by atoms with Crippen molar-refractivity contribution in [1.29, 1.82) is 0 Å². The van der Waals surface area contributed by atoms with E-state index in [9.17, 15) is 0 Å². The lowest BCUT2D eigenvalue weighted by Gasteiger charge is -2.10. The summed E-state index contributed by atoms with van der Waals surface area (Å²) >= 11 is 9.56. The molecule has 0 radical (unpaired) electrons. The van der Waals surface area contributed by atoms with Gasteiger partial charge in [-0.15, -0.1) is 0 Å². The molecule has 1 aromatic heterocycles. The van der Waals surface area contributed by atoms with E-state index in [1.165, 1.54) is 0 Å². The van der Waals surface area contributed by atoms with E-state index in [-0.39, 0.29) is 4.83 Å². The van der Waals surface area contributed by atoms with E-state index in [4.69, 9.17) is 11.6 Å². The second-order valence-electron chi connectivity index (χ2n) is 4.26. The van der Waals surface area contributed by atoms with Crippen molar-refractivity contribution in [1.82, 2.24) is 9.55 Å². The fraction of sp³-hybridized carbons (Fsp3) is 0.308. The number of rotatable bonds is 3. The van der Waals surface area contributed by atoms with Gasteiger partial charge in [-0.25, -0.2) is 4.98 Å². The fourth-order valence-electron chi connectivity index (χ4n) is 1.86. The van der Waals surface area contributed by atoms with Gasteiger partial charge in [-0.05, 0) is 32.0 Å². The van der Waals surface area contributed by atoms with Crippen molar-refractivity contribution in [2.45, 2.75) is 25.2 Å². The molecule has 4 heteroatoms. The molecule has 0 saturated heterocycles. The van der Waals surface area contributed by atoms with Crippen molar-refractivity contribution in [2.75, 3.05) is 0 Å². The maximum Gasteiger partial charge on any atom is 0.123 e. The van der Waals surface area contributed by atoms with E-state index in [0.717, 1.165) is 29.0 Å². The van der Waals surface area contributed by atoms with E-state index in [0.29, 0.717) is 5.02 Å². The van der Waals surface area contributed by atoms with Crippen LogP contribution >= 0.6 is 27.5 Å². The summed E-state index contributed by atoms with van der Waals surface area (Å²) in [5.74, 6) is 1.00. The molecular weight excluding hydrogens is 300 g/mol. The van der Waals surface area contributed by atoms with E-state index in [2.05, 4.69) is 39.0 Å². The summed E-state index contributed by atoms with van der Waals surface area (Å²) in [6.45, 7) is 8.83. The van der Waals surface area contributed by atoms with Crippen LogP contribution in [0.5, 0.6) is 0 Å². The molecule has 1 heterocycles. The van der Waals surface area contributed by atoms with Crippen LogP contribution in [-0.2, 0) is 6.54 Å². The van der Waals surface area contributed by atoms with Crippen molar-refractivity contribution in [3.63, 3.8) is 0 Å². The number of imidazole rings is 1. The average Bonchev–Trinajstić information content (AvgIpc) is 2.55. The minimum Gasteiger partial charge on any atom is -0.323 e. The molecule has 0 bridgehead atoms. The Labute approximate surface area is 114 Å². The average molecular weight is 314 g/mol. The second kappa shape index (κ2) is 4.83. The summed E-state index contributed by atoms with van der Waals surface area (Å²) in [4.78, 5) is 4.82. The van der Waals surface area contributed by atoms with Crippen LogP contribution in [0.25, 0.3) is 11.0 Å². The van der Waals surface area contributed by atoms with Crippen molar-refractivity contribution >= 4 is 38.6 Å². The number of halogens is 2. The van der Waals surface area contributed by atoms with Gasteiger partial charge in [-0.2, -0.15) is 0 Å². The van der Waals surface area contributed by atoms with Gasteiger partial charge in [0.25, 0.3) is 0 Å². The second-order valence-corrected chi connectivity index (χ2v) is 6.07. The third-order valence-electron chi connectivity index (χ3n) is 2.52. The van der Waals surface area contributed by atoms with Gasteiger partial charge in [-0.1, -0.05) is 39.7 Å². The van der Waals surface area contributed by atoms with Crippen LogP contribution in [0.1, 0.15) is 24.5 Å². The van der Waals surface area contributed by atoms with Crippen molar-refractivity contribution in [3.8, 4) is 0 Å². The van der Waals surface area contributed by atoms with Gasteiger partial charge < -0.3 is 4.57 Å².